The van der Waals surface area contributed by atoms with Crippen LogP contribution in [0, 0.1) is 6.92 Å². The number of hydrogen-bond donors (Lipinski definition) is 1. The number of hydrogen-bond acceptors (Lipinski definition) is 3. The molecule has 2 heterocycles. The van der Waals surface area contributed by atoms with Gasteiger partial charge < -0.3 is 19.5 Å². The molecule has 0 unspecified atom stereocenters. The van der Waals surface area contributed by atoms with E-state index >= 15 is 0 Å². The fourth-order valence-corrected chi connectivity index (χ4v) is 2.92. The summed E-state index contributed by atoms with van der Waals surface area (Å²) in [5.74, 6) is 0.335. The topological polar surface area (TPSA) is 48.7 Å². The number of rotatable bonds is 3. The Bertz CT molecular complexity index is 690. The Kier molecular flexibility index (Phi) is 5.15. The summed E-state index contributed by atoms with van der Waals surface area (Å²) in [5.41, 5.74) is 2.45. The highest BCUT2D eigenvalue weighted by molar-refractivity contribution is 7.80. The lowest BCUT2D eigenvalue weighted by Gasteiger charge is -2.35. The lowest BCUT2D eigenvalue weighted by Crippen LogP contribution is -2.52. The molecule has 0 spiro atoms. The number of carbonyl (C=O) groups excluding carboxylic acids is 1. The van der Waals surface area contributed by atoms with E-state index in [-0.39, 0.29) is 5.91 Å². The molecule has 1 aromatic heterocycles. The van der Waals surface area contributed by atoms with E-state index in [2.05, 4.69) is 41.4 Å². The van der Waals surface area contributed by atoms with E-state index in [0.717, 1.165) is 18.2 Å². The standard InChI is InChI=1S/C18H21N3O2S/c1-14-4-6-15(7-5-14)13-19-18(24)21-10-8-20(9-11-21)17(22)16-3-2-12-23-16/h2-7,12H,8-11,13H2,1H3,(H,19,24). The van der Waals surface area contributed by atoms with Crippen molar-refractivity contribution in [2.24, 2.45) is 0 Å². The van der Waals surface area contributed by atoms with E-state index in [4.69, 9.17) is 16.6 Å². The summed E-state index contributed by atoms with van der Waals surface area (Å²) in [6.07, 6.45) is 1.52. The van der Waals surface area contributed by atoms with Crippen LogP contribution in [0.25, 0.3) is 0 Å². The first-order valence-corrected chi connectivity index (χ1v) is 8.45. The van der Waals surface area contributed by atoms with Gasteiger partial charge in [0.15, 0.2) is 10.9 Å². The van der Waals surface area contributed by atoms with Crippen LogP contribution >= 0.6 is 12.2 Å². The molecule has 0 aliphatic carbocycles. The first kappa shape index (κ1) is 16.5. The van der Waals surface area contributed by atoms with Crippen LogP contribution in [0.5, 0.6) is 0 Å². The Morgan fingerprint density at radius 1 is 1.12 bits per heavy atom. The van der Waals surface area contributed by atoms with Crippen LogP contribution in [-0.4, -0.2) is 47.0 Å². The molecular weight excluding hydrogens is 322 g/mol. The molecule has 126 valence electrons. The molecule has 1 amide bonds. The Morgan fingerprint density at radius 2 is 1.79 bits per heavy atom. The van der Waals surface area contributed by atoms with Crippen molar-refractivity contribution in [1.82, 2.24) is 15.1 Å². The number of piperazine rings is 1. The van der Waals surface area contributed by atoms with Gasteiger partial charge in [0, 0.05) is 32.7 Å². The molecule has 5 nitrogen and oxygen atoms in total. The largest absolute Gasteiger partial charge is 0.459 e. The molecule has 2 aromatic rings. The van der Waals surface area contributed by atoms with Crippen molar-refractivity contribution in [2.45, 2.75) is 13.5 Å². The molecule has 0 saturated carbocycles. The summed E-state index contributed by atoms with van der Waals surface area (Å²) in [5, 5.41) is 4.03. The van der Waals surface area contributed by atoms with Crippen LogP contribution in [0.1, 0.15) is 21.7 Å². The highest BCUT2D eigenvalue weighted by Crippen LogP contribution is 2.10. The van der Waals surface area contributed by atoms with E-state index in [1.165, 1.54) is 17.4 Å². The summed E-state index contributed by atoms with van der Waals surface area (Å²) in [7, 11) is 0. The molecule has 24 heavy (non-hydrogen) atoms. The quantitative estimate of drug-likeness (QED) is 0.868. The Balaban J connectivity index is 1.46. The minimum Gasteiger partial charge on any atom is -0.459 e. The van der Waals surface area contributed by atoms with E-state index in [1.54, 1.807) is 17.0 Å². The molecule has 0 radical (unpaired) electrons. The highest BCUT2D eigenvalue weighted by atomic mass is 32.1. The normalized spacial score (nSPS) is 14.5. The summed E-state index contributed by atoms with van der Waals surface area (Å²) in [6.45, 7) is 5.53. The molecule has 6 heteroatoms. The minimum atomic E-state index is -0.0572. The first-order valence-electron chi connectivity index (χ1n) is 8.04. The number of nitrogens with zero attached hydrogens (tertiary/aromatic N) is 2. The van der Waals surface area contributed by atoms with Crippen LogP contribution in [0.3, 0.4) is 0 Å². The van der Waals surface area contributed by atoms with Gasteiger partial charge >= 0.3 is 0 Å². The Morgan fingerprint density at radius 3 is 2.42 bits per heavy atom. The molecule has 0 atom stereocenters. The van der Waals surface area contributed by atoms with Gasteiger partial charge in [0.1, 0.15) is 0 Å². The van der Waals surface area contributed by atoms with E-state index in [9.17, 15) is 4.79 Å². The van der Waals surface area contributed by atoms with Gasteiger partial charge in [-0.3, -0.25) is 4.79 Å². The van der Waals surface area contributed by atoms with Crippen LogP contribution in [0.2, 0.25) is 0 Å². The molecule has 0 bridgehead atoms. The minimum absolute atomic E-state index is 0.0572. The Hall–Kier alpha value is -2.34. The fourth-order valence-electron chi connectivity index (χ4n) is 2.66. The van der Waals surface area contributed by atoms with Crippen molar-refractivity contribution in [3.05, 3.63) is 59.5 Å². The maximum absolute atomic E-state index is 12.2. The molecule has 1 aliphatic heterocycles. The molecule has 1 saturated heterocycles. The van der Waals surface area contributed by atoms with Crippen LogP contribution < -0.4 is 5.32 Å². The zero-order chi connectivity index (χ0) is 16.9. The van der Waals surface area contributed by atoms with Crippen molar-refractivity contribution in [2.75, 3.05) is 26.2 Å². The third-order valence-corrected chi connectivity index (χ3v) is 4.55. The van der Waals surface area contributed by atoms with Gasteiger partial charge in [-0.1, -0.05) is 29.8 Å². The van der Waals surface area contributed by atoms with Gasteiger partial charge in [0.25, 0.3) is 5.91 Å². The van der Waals surface area contributed by atoms with Gasteiger partial charge in [-0.15, -0.1) is 0 Å². The van der Waals surface area contributed by atoms with Gasteiger partial charge in [-0.05, 0) is 36.8 Å². The molecule has 1 N–H and O–H groups in total. The van der Waals surface area contributed by atoms with Crippen molar-refractivity contribution in [3.8, 4) is 0 Å². The summed E-state index contributed by atoms with van der Waals surface area (Å²) in [6, 6.07) is 11.8. The molecule has 1 aromatic carbocycles. The molecule has 3 rings (SSSR count). The average molecular weight is 343 g/mol. The van der Waals surface area contributed by atoms with Gasteiger partial charge in [0.2, 0.25) is 0 Å². The number of aryl methyl sites for hydroxylation is 1. The number of carbonyl (C=O) groups is 1. The lowest BCUT2D eigenvalue weighted by atomic mass is 10.1. The van der Waals surface area contributed by atoms with Crippen LogP contribution in [0.4, 0.5) is 0 Å². The summed E-state index contributed by atoms with van der Waals surface area (Å²) in [4.78, 5) is 16.2. The monoisotopic (exact) mass is 343 g/mol. The van der Waals surface area contributed by atoms with E-state index in [0.29, 0.717) is 25.4 Å². The zero-order valence-corrected chi connectivity index (χ0v) is 14.5. The van der Waals surface area contributed by atoms with Crippen molar-refractivity contribution < 1.29 is 9.21 Å². The predicted molar refractivity (Wildman–Crippen MR) is 96.8 cm³/mol. The lowest BCUT2D eigenvalue weighted by molar-refractivity contribution is 0.0659. The second-order valence-electron chi connectivity index (χ2n) is 5.90. The van der Waals surface area contributed by atoms with Crippen molar-refractivity contribution in [1.29, 1.82) is 0 Å². The average Bonchev–Trinajstić information content (AvgIpc) is 3.15. The SMILES string of the molecule is Cc1ccc(CNC(=S)N2CCN(C(=O)c3ccco3)CC2)cc1. The maximum Gasteiger partial charge on any atom is 0.289 e. The third-order valence-electron chi connectivity index (χ3n) is 4.15. The predicted octanol–water partition coefficient (Wildman–Crippen LogP) is 2.42. The summed E-state index contributed by atoms with van der Waals surface area (Å²) < 4.78 is 5.18. The smallest absolute Gasteiger partial charge is 0.289 e. The number of thiocarbonyl (C=S) groups is 1. The number of furan rings is 1. The van der Waals surface area contributed by atoms with Crippen LogP contribution in [-0.2, 0) is 6.54 Å². The molecular formula is C18H21N3O2S. The number of benzene rings is 1. The summed E-state index contributed by atoms with van der Waals surface area (Å²) >= 11 is 5.48. The highest BCUT2D eigenvalue weighted by Gasteiger charge is 2.24. The Labute approximate surface area is 147 Å². The number of nitrogens with one attached hydrogen (secondary N) is 1. The van der Waals surface area contributed by atoms with Crippen molar-refractivity contribution >= 4 is 23.2 Å². The first-order chi connectivity index (χ1) is 11.6. The molecule has 1 aliphatic rings. The number of amides is 1. The van der Waals surface area contributed by atoms with Gasteiger partial charge in [-0.2, -0.15) is 0 Å². The van der Waals surface area contributed by atoms with Crippen molar-refractivity contribution in [3.63, 3.8) is 0 Å². The van der Waals surface area contributed by atoms with E-state index < -0.39 is 0 Å². The second kappa shape index (κ2) is 7.49. The molecule has 1 fully saturated rings. The van der Waals surface area contributed by atoms with Gasteiger partial charge in [-0.25, -0.2) is 0 Å². The van der Waals surface area contributed by atoms with Crippen LogP contribution in [0.15, 0.2) is 47.1 Å². The third kappa shape index (κ3) is 3.94. The second-order valence-corrected chi connectivity index (χ2v) is 6.29. The fraction of sp³-hybridized carbons (Fsp3) is 0.333. The zero-order valence-electron chi connectivity index (χ0n) is 13.7. The van der Waals surface area contributed by atoms with Gasteiger partial charge in [0.05, 0.1) is 6.26 Å². The maximum atomic E-state index is 12.2. The van der Waals surface area contributed by atoms with E-state index in [1.807, 2.05) is 0 Å².